The van der Waals surface area contributed by atoms with Gasteiger partial charge in [0.2, 0.25) is 0 Å². The zero-order chi connectivity index (χ0) is 18.6. The molecule has 0 saturated carbocycles. The van der Waals surface area contributed by atoms with Crippen molar-refractivity contribution in [2.75, 3.05) is 13.2 Å². The van der Waals surface area contributed by atoms with E-state index in [1.807, 2.05) is 30.6 Å². The van der Waals surface area contributed by atoms with E-state index in [1.165, 1.54) is 5.56 Å². The summed E-state index contributed by atoms with van der Waals surface area (Å²) in [7, 11) is 0. The maximum atomic E-state index is 5.55. The van der Waals surface area contributed by atoms with Crippen molar-refractivity contribution in [3.05, 3.63) is 48.4 Å². The fourth-order valence-electron chi connectivity index (χ4n) is 3.71. The number of rotatable bonds is 5. The Balaban J connectivity index is 1.81. The van der Waals surface area contributed by atoms with Gasteiger partial charge in [0.15, 0.2) is 11.6 Å². The van der Waals surface area contributed by atoms with E-state index in [2.05, 4.69) is 34.6 Å². The minimum atomic E-state index is 0.230. The van der Waals surface area contributed by atoms with Gasteiger partial charge in [-0.1, -0.05) is 13.0 Å². The average Bonchev–Trinajstić information content (AvgIpc) is 3.19. The average molecular weight is 363 g/mol. The molecule has 1 aliphatic rings. The van der Waals surface area contributed by atoms with E-state index < -0.39 is 0 Å². The van der Waals surface area contributed by atoms with Gasteiger partial charge in [0, 0.05) is 37.4 Å². The minimum absolute atomic E-state index is 0.230. The second kappa shape index (κ2) is 7.96. The highest BCUT2D eigenvalue weighted by Gasteiger charge is 2.27. The maximum absolute atomic E-state index is 5.55. The van der Waals surface area contributed by atoms with Crippen molar-refractivity contribution >= 4 is 0 Å². The molecular weight excluding hydrogens is 338 g/mol. The van der Waals surface area contributed by atoms with E-state index in [0.29, 0.717) is 11.7 Å². The fraction of sp³-hybridized carbons (Fsp3) is 0.429. The molecule has 0 spiro atoms. The second-order valence-corrected chi connectivity index (χ2v) is 7.00. The van der Waals surface area contributed by atoms with E-state index >= 15 is 0 Å². The number of ether oxygens (including phenoxy) is 1. The van der Waals surface area contributed by atoms with Crippen molar-refractivity contribution in [1.82, 2.24) is 24.7 Å². The molecule has 3 aromatic rings. The summed E-state index contributed by atoms with van der Waals surface area (Å²) in [5.74, 6) is 2.06. The Hall–Kier alpha value is -2.60. The van der Waals surface area contributed by atoms with Gasteiger partial charge in [-0.2, -0.15) is 5.10 Å². The molecule has 1 aliphatic heterocycles. The highest BCUT2D eigenvalue weighted by molar-refractivity contribution is 5.61. The first-order valence-corrected chi connectivity index (χ1v) is 9.67. The molecule has 140 valence electrons. The van der Waals surface area contributed by atoms with E-state index in [9.17, 15) is 0 Å². The fourth-order valence-corrected chi connectivity index (χ4v) is 3.71. The lowest BCUT2D eigenvalue weighted by atomic mass is 9.93. The molecule has 0 N–H and O–H groups in total. The molecule has 4 heterocycles. The van der Waals surface area contributed by atoms with Crippen LogP contribution in [-0.4, -0.2) is 37.9 Å². The summed E-state index contributed by atoms with van der Waals surface area (Å²) >= 11 is 0. The SMILES string of the molecule is CCc1cccnc1-c1nc(-c2cccnc2)nn1C(C)C1CCOCC1. The molecule has 6 nitrogen and oxygen atoms in total. The lowest BCUT2D eigenvalue weighted by Crippen LogP contribution is -2.25. The van der Waals surface area contributed by atoms with Crippen molar-refractivity contribution in [3.63, 3.8) is 0 Å². The number of hydrogen-bond acceptors (Lipinski definition) is 5. The van der Waals surface area contributed by atoms with Crippen LogP contribution >= 0.6 is 0 Å². The Kier molecular flexibility index (Phi) is 5.25. The smallest absolute Gasteiger partial charge is 0.183 e. The Morgan fingerprint density at radius 3 is 2.74 bits per heavy atom. The number of hydrogen-bond donors (Lipinski definition) is 0. The van der Waals surface area contributed by atoms with Crippen LogP contribution in [0.2, 0.25) is 0 Å². The van der Waals surface area contributed by atoms with Crippen molar-refractivity contribution in [1.29, 1.82) is 0 Å². The molecule has 3 aromatic heterocycles. The topological polar surface area (TPSA) is 65.7 Å². The van der Waals surface area contributed by atoms with Crippen molar-refractivity contribution in [2.24, 2.45) is 5.92 Å². The molecular formula is C21H25N5O. The Bertz CT molecular complexity index is 887. The molecule has 1 atom stereocenters. The lowest BCUT2D eigenvalue weighted by molar-refractivity contribution is 0.0498. The third kappa shape index (κ3) is 3.62. The van der Waals surface area contributed by atoms with Crippen LogP contribution < -0.4 is 0 Å². The molecule has 0 amide bonds. The summed E-state index contributed by atoms with van der Waals surface area (Å²) in [4.78, 5) is 13.8. The summed E-state index contributed by atoms with van der Waals surface area (Å²) in [6.45, 7) is 6.01. The maximum Gasteiger partial charge on any atom is 0.183 e. The third-order valence-electron chi connectivity index (χ3n) is 5.37. The van der Waals surface area contributed by atoms with Crippen LogP contribution in [0.1, 0.15) is 38.3 Å². The van der Waals surface area contributed by atoms with Gasteiger partial charge in [-0.3, -0.25) is 9.97 Å². The lowest BCUT2D eigenvalue weighted by Gasteiger charge is -2.28. The van der Waals surface area contributed by atoms with Gasteiger partial charge in [0.1, 0.15) is 5.69 Å². The van der Waals surface area contributed by atoms with Gasteiger partial charge in [-0.05, 0) is 55.9 Å². The van der Waals surface area contributed by atoms with E-state index in [0.717, 1.165) is 49.6 Å². The van der Waals surface area contributed by atoms with Gasteiger partial charge in [0.25, 0.3) is 0 Å². The monoisotopic (exact) mass is 363 g/mol. The van der Waals surface area contributed by atoms with Gasteiger partial charge >= 0.3 is 0 Å². The first kappa shape index (κ1) is 17.8. The molecule has 6 heteroatoms. The molecule has 1 saturated heterocycles. The second-order valence-electron chi connectivity index (χ2n) is 7.00. The number of aromatic nitrogens is 5. The summed E-state index contributed by atoms with van der Waals surface area (Å²) in [5.41, 5.74) is 3.02. The summed E-state index contributed by atoms with van der Waals surface area (Å²) < 4.78 is 7.62. The Labute approximate surface area is 159 Å². The van der Waals surface area contributed by atoms with Crippen molar-refractivity contribution in [3.8, 4) is 22.9 Å². The number of pyridine rings is 2. The van der Waals surface area contributed by atoms with E-state index in [-0.39, 0.29) is 6.04 Å². The van der Waals surface area contributed by atoms with Gasteiger partial charge in [0.05, 0.1) is 6.04 Å². The number of nitrogens with zero attached hydrogens (tertiary/aromatic N) is 5. The molecule has 0 bridgehead atoms. The summed E-state index contributed by atoms with van der Waals surface area (Å²) in [6.07, 6.45) is 8.40. The van der Waals surface area contributed by atoms with Crippen LogP contribution in [-0.2, 0) is 11.2 Å². The molecule has 0 radical (unpaired) electrons. The number of aryl methyl sites for hydroxylation is 1. The molecule has 0 aromatic carbocycles. The standard InChI is InChI=1S/C21H25N5O/c1-3-16-6-5-11-23-19(16)21-24-20(18-7-4-10-22-14-18)25-26(21)15(2)17-8-12-27-13-9-17/h4-7,10-11,14-15,17H,3,8-9,12-13H2,1-2H3. The zero-order valence-electron chi connectivity index (χ0n) is 15.9. The molecule has 1 fully saturated rings. The molecule has 27 heavy (non-hydrogen) atoms. The molecule has 0 aliphatic carbocycles. The van der Waals surface area contributed by atoms with Crippen LogP contribution in [0.5, 0.6) is 0 Å². The van der Waals surface area contributed by atoms with Crippen LogP contribution in [0.4, 0.5) is 0 Å². The van der Waals surface area contributed by atoms with E-state index in [1.54, 1.807) is 6.20 Å². The molecule has 4 rings (SSSR count). The predicted molar refractivity (Wildman–Crippen MR) is 104 cm³/mol. The Morgan fingerprint density at radius 2 is 2.00 bits per heavy atom. The quantitative estimate of drug-likeness (QED) is 0.687. The molecule has 1 unspecified atom stereocenters. The minimum Gasteiger partial charge on any atom is -0.381 e. The van der Waals surface area contributed by atoms with E-state index in [4.69, 9.17) is 14.8 Å². The van der Waals surface area contributed by atoms with Gasteiger partial charge < -0.3 is 4.74 Å². The first-order valence-electron chi connectivity index (χ1n) is 9.67. The van der Waals surface area contributed by atoms with Gasteiger partial charge in [-0.25, -0.2) is 9.67 Å². The van der Waals surface area contributed by atoms with Crippen LogP contribution in [0, 0.1) is 5.92 Å². The van der Waals surface area contributed by atoms with Crippen molar-refractivity contribution < 1.29 is 4.74 Å². The highest BCUT2D eigenvalue weighted by atomic mass is 16.5. The zero-order valence-corrected chi connectivity index (χ0v) is 15.9. The van der Waals surface area contributed by atoms with Crippen molar-refractivity contribution in [2.45, 2.75) is 39.2 Å². The normalized spacial score (nSPS) is 16.4. The van der Waals surface area contributed by atoms with Gasteiger partial charge in [-0.15, -0.1) is 0 Å². The summed E-state index contributed by atoms with van der Waals surface area (Å²) in [6, 6.07) is 8.23. The summed E-state index contributed by atoms with van der Waals surface area (Å²) in [5, 5.41) is 4.89. The third-order valence-corrected chi connectivity index (χ3v) is 5.37. The predicted octanol–water partition coefficient (Wildman–Crippen LogP) is 3.95. The largest absolute Gasteiger partial charge is 0.381 e. The van der Waals surface area contributed by atoms with Crippen LogP contribution in [0.3, 0.4) is 0 Å². The Morgan fingerprint density at radius 1 is 1.19 bits per heavy atom. The van der Waals surface area contributed by atoms with Crippen LogP contribution in [0.15, 0.2) is 42.9 Å². The first-order chi connectivity index (χ1) is 13.3. The highest BCUT2D eigenvalue weighted by Crippen LogP contribution is 2.32. The van der Waals surface area contributed by atoms with Crippen LogP contribution in [0.25, 0.3) is 22.9 Å².